The lowest BCUT2D eigenvalue weighted by molar-refractivity contribution is -0.113. The molecule has 0 spiro atoms. The highest BCUT2D eigenvalue weighted by atomic mass is 32.1. The Labute approximate surface area is 163 Å². The zero-order valence-corrected chi connectivity index (χ0v) is 16.1. The maximum atomic E-state index is 13.0. The van der Waals surface area contributed by atoms with E-state index < -0.39 is 6.04 Å². The van der Waals surface area contributed by atoms with Crippen molar-refractivity contribution >= 4 is 28.9 Å². The topological polar surface area (TPSA) is 71.6 Å². The number of hydrogen-bond acceptors (Lipinski definition) is 4. The zero-order valence-electron chi connectivity index (χ0n) is 15.3. The van der Waals surface area contributed by atoms with E-state index >= 15 is 0 Å². The van der Waals surface area contributed by atoms with E-state index in [4.69, 9.17) is 21.7 Å². The summed E-state index contributed by atoms with van der Waals surface area (Å²) >= 11 is 5.30. The van der Waals surface area contributed by atoms with Gasteiger partial charge in [-0.2, -0.15) is 0 Å². The average molecular weight is 383 g/mol. The maximum absolute atomic E-state index is 13.0. The van der Waals surface area contributed by atoms with Gasteiger partial charge in [-0.05, 0) is 43.4 Å². The molecule has 0 saturated carbocycles. The Morgan fingerprint density at radius 3 is 2.52 bits per heavy atom. The molecule has 0 bridgehead atoms. The number of para-hydroxylation sites is 1. The summed E-state index contributed by atoms with van der Waals surface area (Å²) in [6.07, 6.45) is 0. The van der Waals surface area contributed by atoms with E-state index in [-0.39, 0.29) is 5.91 Å². The number of nitrogens with one attached hydrogen (secondary N) is 3. The van der Waals surface area contributed by atoms with Gasteiger partial charge in [0.2, 0.25) is 0 Å². The van der Waals surface area contributed by atoms with Crippen molar-refractivity contribution in [1.29, 1.82) is 0 Å². The quantitative estimate of drug-likeness (QED) is 0.689. The molecule has 0 fully saturated rings. The molecular weight excluding hydrogens is 362 g/mol. The number of ether oxygens (including phenoxy) is 2. The fourth-order valence-corrected chi connectivity index (χ4v) is 3.28. The molecule has 0 unspecified atom stereocenters. The number of carbonyl (C=O) groups excluding carboxylic acids is 1. The van der Waals surface area contributed by atoms with Crippen LogP contribution < -0.4 is 25.4 Å². The van der Waals surface area contributed by atoms with Crippen molar-refractivity contribution < 1.29 is 14.3 Å². The second-order valence-corrected chi connectivity index (χ2v) is 6.41. The number of allylic oxidation sites excluding steroid dienone is 1. The summed E-state index contributed by atoms with van der Waals surface area (Å²) in [5.74, 6) is 1.06. The third kappa shape index (κ3) is 4.03. The molecule has 6 nitrogen and oxygen atoms in total. The van der Waals surface area contributed by atoms with Crippen molar-refractivity contribution in [1.82, 2.24) is 10.6 Å². The smallest absolute Gasteiger partial charge is 0.255 e. The van der Waals surface area contributed by atoms with Crippen LogP contribution in [0.15, 0.2) is 59.8 Å². The second-order valence-electron chi connectivity index (χ2n) is 6.00. The maximum Gasteiger partial charge on any atom is 0.255 e. The minimum atomic E-state index is -0.455. The molecule has 3 N–H and O–H groups in total. The van der Waals surface area contributed by atoms with Gasteiger partial charge in [0.05, 0.1) is 25.8 Å². The number of carbonyl (C=O) groups is 1. The van der Waals surface area contributed by atoms with Gasteiger partial charge in [-0.3, -0.25) is 4.79 Å². The third-order valence-corrected chi connectivity index (χ3v) is 4.52. The van der Waals surface area contributed by atoms with Gasteiger partial charge < -0.3 is 25.4 Å². The van der Waals surface area contributed by atoms with Crippen LogP contribution in [0.3, 0.4) is 0 Å². The van der Waals surface area contributed by atoms with E-state index in [1.165, 1.54) is 0 Å². The van der Waals surface area contributed by atoms with Gasteiger partial charge in [0, 0.05) is 23.0 Å². The van der Waals surface area contributed by atoms with E-state index in [0.29, 0.717) is 27.9 Å². The van der Waals surface area contributed by atoms with Gasteiger partial charge in [-0.1, -0.05) is 18.2 Å². The second kappa shape index (κ2) is 8.09. The van der Waals surface area contributed by atoms with Crippen LogP contribution in [0.4, 0.5) is 5.69 Å². The van der Waals surface area contributed by atoms with E-state index in [0.717, 1.165) is 11.3 Å². The fourth-order valence-electron chi connectivity index (χ4n) is 3.00. The molecule has 1 atom stereocenters. The molecule has 0 aromatic heterocycles. The Balaban J connectivity index is 2.01. The van der Waals surface area contributed by atoms with E-state index in [1.54, 1.807) is 20.3 Å². The van der Waals surface area contributed by atoms with Crippen LogP contribution in [0.25, 0.3) is 0 Å². The van der Waals surface area contributed by atoms with Gasteiger partial charge in [0.25, 0.3) is 5.91 Å². The molecule has 140 valence electrons. The highest BCUT2D eigenvalue weighted by Gasteiger charge is 2.32. The average Bonchev–Trinajstić information content (AvgIpc) is 2.67. The third-order valence-electron chi connectivity index (χ3n) is 4.30. The summed E-state index contributed by atoms with van der Waals surface area (Å²) in [7, 11) is 3.17. The lowest BCUT2D eigenvalue weighted by atomic mass is 9.94. The van der Waals surface area contributed by atoms with Crippen molar-refractivity contribution in [2.24, 2.45) is 0 Å². The van der Waals surface area contributed by atoms with E-state index in [1.807, 2.05) is 49.4 Å². The minimum absolute atomic E-state index is 0.218. The van der Waals surface area contributed by atoms with Gasteiger partial charge in [0.1, 0.15) is 11.5 Å². The Morgan fingerprint density at radius 1 is 1.11 bits per heavy atom. The molecule has 2 aromatic carbocycles. The Bertz CT molecular complexity index is 897. The molecule has 3 rings (SSSR count). The SMILES string of the molecule is COc1ccc([C@@H]2NC(=S)NC(C)=C2C(=O)Nc2ccccc2)c(OC)c1. The molecule has 1 amide bonds. The van der Waals surface area contributed by atoms with Crippen LogP contribution in [0.5, 0.6) is 11.5 Å². The van der Waals surface area contributed by atoms with Gasteiger partial charge >= 0.3 is 0 Å². The lowest BCUT2D eigenvalue weighted by Gasteiger charge is -2.31. The summed E-state index contributed by atoms with van der Waals surface area (Å²) in [4.78, 5) is 13.0. The zero-order chi connectivity index (χ0) is 19.4. The van der Waals surface area contributed by atoms with Crippen molar-refractivity contribution in [2.45, 2.75) is 13.0 Å². The first-order valence-electron chi connectivity index (χ1n) is 8.40. The Hall–Kier alpha value is -3.06. The number of hydrogen-bond donors (Lipinski definition) is 3. The highest BCUT2D eigenvalue weighted by molar-refractivity contribution is 7.80. The first-order chi connectivity index (χ1) is 13.0. The lowest BCUT2D eigenvalue weighted by Crippen LogP contribution is -2.45. The predicted octanol–water partition coefficient (Wildman–Crippen LogP) is 3.14. The molecule has 0 radical (unpaired) electrons. The van der Waals surface area contributed by atoms with Crippen molar-refractivity contribution in [2.75, 3.05) is 19.5 Å². The molecule has 0 saturated heterocycles. The van der Waals surface area contributed by atoms with E-state index in [2.05, 4.69) is 16.0 Å². The Kier molecular flexibility index (Phi) is 5.61. The first-order valence-corrected chi connectivity index (χ1v) is 8.81. The van der Waals surface area contributed by atoms with Gasteiger partial charge in [-0.25, -0.2) is 0 Å². The highest BCUT2D eigenvalue weighted by Crippen LogP contribution is 2.35. The first kappa shape index (κ1) is 18.7. The standard InChI is InChI=1S/C20H21N3O3S/c1-12-17(19(24)22-13-7-5-4-6-8-13)18(23-20(27)21-12)15-10-9-14(25-2)11-16(15)26-3/h4-11,18H,1-3H3,(H,22,24)(H2,21,23,27)/t18-/m0/s1. The number of amides is 1. The van der Waals surface area contributed by atoms with E-state index in [9.17, 15) is 4.79 Å². The Morgan fingerprint density at radius 2 is 1.85 bits per heavy atom. The number of thiocarbonyl (C=S) groups is 1. The molecule has 27 heavy (non-hydrogen) atoms. The number of methoxy groups -OCH3 is 2. The summed E-state index contributed by atoms with van der Waals surface area (Å²) in [6, 6.07) is 14.3. The van der Waals surface area contributed by atoms with Crippen LogP contribution in [-0.4, -0.2) is 25.2 Å². The fraction of sp³-hybridized carbons (Fsp3) is 0.200. The summed E-state index contributed by atoms with van der Waals surface area (Å²) in [5, 5.41) is 9.58. The number of rotatable bonds is 5. The molecule has 1 heterocycles. The van der Waals surface area contributed by atoms with Crippen LogP contribution in [0.2, 0.25) is 0 Å². The minimum Gasteiger partial charge on any atom is -0.497 e. The number of anilines is 1. The molecule has 0 aliphatic carbocycles. The largest absolute Gasteiger partial charge is 0.497 e. The molecular formula is C20H21N3O3S. The number of benzene rings is 2. The normalized spacial score (nSPS) is 16.3. The monoisotopic (exact) mass is 383 g/mol. The van der Waals surface area contributed by atoms with Crippen LogP contribution >= 0.6 is 12.2 Å². The summed E-state index contributed by atoms with van der Waals surface area (Å²) < 4.78 is 10.8. The summed E-state index contributed by atoms with van der Waals surface area (Å²) in [5.41, 5.74) is 2.74. The van der Waals surface area contributed by atoms with Crippen molar-refractivity contribution in [3.8, 4) is 11.5 Å². The summed E-state index contributed by atoms with van der Waals surface area (Å²) in [6.45, 7) is 1.83. The van der Waals surface area contributed by atoms with Crippen molar-refractivity contribution in [3.05, 3.63) is 65.4 Å². The molecule has 1 aliphatic rings. The van der Waals surface area contributed by atoms with Crippen LogP contribution in [0.1, 0.15) is 18.5 Å². The van der Waals surface area contributed by atoms with Crippen LogP contribution in [-0.2, 0) is 4.79 Å². The molecule has 2 aromatic rings. The van der Waals surface area contributed by atoms with Gasteiger partial charge in [-0.15, -0.1) is 0 Å². The van der Waals surface area contributed by atoms with Crippen molar-refractivity contribution in [3.63, 3.8) is 0 Å². The molecule has 1 aliphatic heterocycles. The predicted molar refractivity (Wildman–Crippen MR) is 109 cm³/mol. The van der Waals surface area contributed by atoms with Crippen LogP contribution in [0, 0.1) is 0 Å². The van der Waals surface area contributed by atoms with Gasteiger partial charge in [0.15, 0.2) is 5.11 Å². The molecule has 7 heteroatoms.